The first-order chi connectivity index (χ1) is 14.3. The number of thiophene rings is 1. The molecule has 5 rings (SSSR count). The Labute approximate surface area is 174 Å². The molecule has 0 bridgehead atoms. The van der Waals surface area contributed by atoms with Crippen molar-refractivity contribution in [2.75, 3.05) is 0 Å². The Morgan fingerprint density at radius 3 is 2.34 bits per heavy atom. The summed E-state index contributed by atoms with van der Waals surface area (Å²) < 4.78 is 2.19. The molecule has 3 heterocycles. The predicted molar refractivity (Wildman–Crippen MR) is 121 cm³/mol. The molecule has 0 aliphatic rings. The second-order valence-electron chi connectivity index (χ2n) is 6.89. The number of nitrogens with zero attached hydrogens (tertiary/aromatic N) is 2. The van der Waals surface area contributed by atoms with Crippen molar-refractivity contribution in [3.05, 3.63) is 107 Å². The highest BCUT2D eigenvalue weighted by Gasteiger charge is 2.17. The van der Waals surface area contributed by atoms with Gasteiger partial charge in [0.05, 0.1) is 15.4 Å². The normalized spacial score (nSPS) is 10.7. The molecule has 2 aromatic carbocycles. The van der Waals surface area contributed by atoms with Gasteiger partial charge in [0, 0.05) is 17.3 Å². The minimum Gasteiger partial charge on any atom is -0.299 e. The molecular formula is C26H18N2S. The van der Waals surface area contributed by atoms with E-state index in [1.165, 1.54) is 5.56 Å². The Morgan fingerprint density at radius 2 is 1.55 bits per heavy atom. The number of aromatic nitrogens is 2. The maximum atomic E-state index is 4.96. The average molecular weight is 391 g/mol. The number of pyridine rings is 1. The van der Waals surface area contributed by atoms with Crippen molar-refractivity contribution in [2.24, 2.45) is 0 Å². The molecule has 0 aliphatic heterocycles. The highest BCUT2D eigenvalue weighted by atomic mass is 32.1. The van der Waals surface area contributed by atoms with Crippen LogP contribution < -0.4 is 0 Å². The van der Waals surface area contributed by atoms with Gasteiger partial charge in [-0.05, 0) is 42.8 Å². The quantitative estimate of drug-likeness (QED) is 0.317. The van der Waals surface area contributed by atoms with Gasteiger partial charge in [0.15, 0.2) is 0 Å². The van der Waals surface area contributed by atoms with Crippen molar-refractivity contribution in [1.29, 1.82) is 0 Å². The maximum Gasteiger partial charge on any atom is 0.138 e. The van der Waals surface area contributed by atoms with Crippen molar-refractivity contribution in [1.82, 2.24) is 9.38 Å². The van der Waals surface area contributed by atoms with E-state index < -0.39 is 0 Å². The molecule has 0 atom stereocenters. The number of imidazole rings is 1. The third-order valence-corrected chi connectivity index (χ3v) is 5.76. The number of fused-ring (bicyclic) bond motifs is 1. The van der Waals surface area contributed by atoms with Crippen molar-refractivity contribution < 1.29 is 0 Å². The van der Waals surface area contributed by atoms with Crippen molar-refractivity contribution in [2.45, 2.75) is 6.92 Å². The fourth-order valence-corrected chi connectivity index (χ4v) is 4.23. The summed E-state index contributed by atoms with van der Waals surface area (Å²) in [6.07, 6.45) is 2.15. The molecule has 29 heavy (non-hydrogen) atoms. The minimum atomic E-state index is 0.953. The molecule has 2 nitrogen and oxygen atoms in total. The van der Waals surface area contributed by atoms with E-state index in [1.54, 1.807) is 11.3 Å². The molecule has 0 fully saturated rings. The molecule has 0 saturated carbocycles. The van der Waals surface area contributed by atoms with Crippen LogP contribution in [0.5, 0.6) is 0 Å². The molecule has 0 radical (unpaired) electrons. The van der Waals surface area contributed by atoms with Crippen LogP contribution in [0.4, 0.5) is 0 Å². The molecule has 0 amide bonds. The third-order valence-electron chi connectivity index (χ3n) is 4.76. The van der Waals surface area contributed by atoms with Gasteiger partial charge in [-0.25, -0.2) is 4.98 Å². The lowest BCUT2D eigenvalue weighted by Gasteiger charge is -2.05. The average Bonchev–Trinajstić information content (AvgIpc) is 3.38. The molecule has 3 heteroatoms. The lowest BCUT2D eigenvalue weighted by atomic mass is 10.1. The fourth-order valence-electron chi connectivity index (χ4n) is 3.38. The van der Waals surface area contributed by atoms with Crippen LogP contribution in [0.25, 0.3) is 27.5 Å². The van der Waals surface area contributed by atoms with Crippen molar-refractivity contribution in [3.63, 3.8) is 0 Å². The standard InChI is InChI=1S/C26H18N2S/c1-19-12-17-24-27-25(26(28(24)18-19)21-10-6-3-7-11-21)23-16-15-22(29-23)14-13-20-8-4-2-5-9-20/h2-12,15-18H,1H3. The molecule has 0 aliphatic carbocycles. The summed E-state index contributed by atoms with van der Waals surface area (Å²) in [6.45, 7) is 2.11. The zero-order valence-corrected chi connectivity index (χ0v) is 16.8. The first-order valence-electron chi connectivity index (χ1n) is 9.49. The summed E-state index contributed by atoms with van der Waals surface area (Å²) in [6, 6.07) is 28.9. The van der Waals surface area contributed by atoms with Crippen molar-refractivity contribution in [3.8, 4) is 33.7 Å². The summed E-state index contributed by atoms with van der Waals surface area (Å²) in [5.41, 5.74) is 6.46. The van der Waals surface area contributed by atoms with E-state index in [0.717, 1.165) is 37.9 Å². The van der Waals surface area contributed by atoms with Crippen LogP contribution in [-0.2, 0) is 0 Å². The fraction of sp³-hybridized carbons (Fsp3) is 0.0385. The first-order valence-corrected chi connectivity index (χ1v) is 10.3. The molecule has 0 N–H and O–H groups in total. The van der Waals surface area contributed by atoms with Crippen LogP contribution in [0, 0.1) is 18.8 Å². The van der Waals surface area contributed by atoms with Gasteiger partial charge in [0.25, 0.3) is 0 Å². The molecule has 0 unspecified atom stereocenters. The van der Waals surface area contributed by atoms with E-state index in [9.17, 15) is 0 Å². The topological polar surface area (TPSA) is 17.3 Å². The zero-order chi connectivity index (χ0) is 19.6. The van der Waals surface area contributed by atoms with Crippen LogP contribution in [0.15, 0.2) is 91.1 Å². The lowest BCUT2D eigenvalue weighted by Crippen LogP contribution is -1.90. The van der Waals surface area contributed by atoms with Crippen LogP contribution in [0.1, 0.15) is 16.0 Å². The van der Waals surface area contributed by atoms with E-state index >= 15 is 0 Å². The second-order valence-corrected chi connectivity index (χ2v) is 7.97. The highest BCUT2D eigenvalue weighted by Crippen LogP contribution is 2.36. The Hall–Kier alpha value is -3.61. The van der Waals surface area contributed by atoms with Crippen LogP contribution in [0.3, 0.4) is 0 Å². The maximum absolute atomic E-state index is 4.96. The molecule has 138 valence electrons. The van der Waals surface area contributed by atoms with E-state index in [2.05, 4.69) is 77.9 Å². The molecule has 3 aromatic heterocycles. The van der Waals surface area contributed by atoms with Gasteiger partial charge in [0.2, 0.25) is 0 Å². The highest BCUT2D eigenvalue weighted by molar-refractivity contribution is 7.16. The molecule has 0 spiro atoms. The number of aryl methyl sites for hydroxylation is 1. The Kier molecular flexibility index (Phi) is 4.48. The van der Waals surface area contributed by atoms with E-state index in [-0.39, 0.29) is 0 Å². The van der Waals surface area contributed by atoms with Gasteiger partial charge in [-0.2, -0.15) is 0 Å². The third kappa shape index (κ3) is 3.47. The van der Waals surface area contributed by atoms with Gasteiger partial charge in [0.1, 0.15) is 11.3 Å². The number of hydrogen-bond acceptors (Lipinski definition) is 2. The van der Waals surface area contributed by atoms with Crippen molar-refractivity contribution >= 4 is 17.0 Å². The first kappa shape index (κ1) is 17.5. The van der Waals surface area contributed by atoms with E-state index in [1.807, 2.05) is 36.4 Å². The summed E-state index contributed by atoms with van der Waals surface area (Å²) >= 11 is 1.68. The number of benzene rings is 2. The Bertz CT molecular complexity index is 1350. The summed E-state index contributed by atoms with van der Waals surface area (Å²) in [7, 11) is 0. The summed E-state index contributed by atoms with van der Waals surface area (Å²) in [5, 5.41) is 0. The minimum absolute atomic E-state index is 0.953. The predicted octanol–water partition coefficient (Wildman–Crippen LogP) is 6.44. The van der Waals surface area contributed by atoms with Gasteiger partial charge < -0.3 is 0 Å². The monoisotopic (exact) mass is 390 g/mol. The van der Waals surface area contributed by atoms with E-state index in [4.69, 9.17) is 4.98 Å². The molecule has 0 saturated heterocycles. The smallest absolute Gasteiger partial charge is 0.138 e. The zero-order valence-electron chi connectivity index (χ0n) is 16.0. The van der Waals surface area contributed by atoms with Crippen LogP contribution in [-0.4, -0.2) is 9.38 Å². The van der Waals surface area contributed by atoms with Gasteiger partial charge in [-0.15, -0.1) is 11.3 Å². The second kappa shape index (κ2) is 7.43. The molecule has 5 aromatic rings. The van der Waals surface area contributed by atoms with E-state index in [0.29, 0.717) is 0 Å². The largest absolute Gasteiger partial charge is 0.299 e. The summed E-state index contributed by atoms with van der Waals surface area (Å²) in [4.78, 5) is 7.12. The number of rotatable bonds is 2. The summed E-state index contributed by atoms with van der Waals surface area (Å²) in [5.74, 6) is 6.53. The van der Waals surface area contributed by atoms with Crippen LogP contribution in [0.2, 0.25) is 0 Å². The van der Waals surface area contributed by atoms with Gasteiger partial charge in [-0.3, -0.25) is 4.40 Å². The Morgan fingerprint density at radius 1 is 0.793 bits per heavy atom. The Balaban J connectivity index is 1.63. The number of hydrogen-bond donors (Lipinski definition) is 0. The lowest BCUT2D eigenvalue weighted by molar-refractivity contribution is 1.16. The van der Waals surface area contributed by atoms with Gasteiger partial charge in [-0.1, -0.05) is 66.4 Å². The van der Waals surface area contributed by atoms with Crippen LogP contribution >= 0.6 is 11.3 Å². The SMILES string of the molecule is Cc1ccc2nc(-c3ccc(C#Cc4ccccc4)s3)c(-c3ccccc3)n2c1. The van der Waals surface area contributed by atoms with Gasteiger partial charge >= 0.3 is 0 Å². The molecular weight excluding hydrogens is 372 g/mol.